The minimum atomic E-state index is -5.10. The van der Waals surface area contributed by atoms with E-state index in [4.69, 9.17) is 0 Å². The molecule has 2 aliphatic heterocycles. The lowest BCUT2D eigenvalue weighted by atomic mass is 9.85. The maximum absolute atomic E-state index is 13.9. The fourth-order valence-corrected chi connectivity index (χ4v) is 7.48. The van der Waals surface area contributed by atoms with Gasteiger partial charge in [-0.05, 0) is 67.8 Å². The number of imide groups is 2. The van der Waals surface area contributed by atoms with Gasteiger partial charge in [0.15, 0.2) is 0 Å². The molecule has 46 heavy (non-hydrogen) atoms. The Bertz CT molecular complexity index is 2240. The molecule has 0 unspecified atom stereocenters. The summed E-state index contributed by atoms with van der Waals surface area (Å²) < 4.78 is 70.2. The Balaban J connectivity index is 1.53. The summed E-state index contributed by atoms with van der Waals surface area (Å²) in [6.45, 7) is 6.95. The summed E-state index contributed by atoms with van der Waals surface area (Å²) in [6, 6.07) is 12.2. The molecule has 6 rings (SSSR count). The summed E-state index contributed by atoms with van der Waals surface area (Å²) in [5.41, 5.74) is -0.0362. The van der Waals surface area contributed by atoms with Crippen molar-refractivity contribution in [3.8, 4) is 11.1 Å². The van der Waals surface area contributed by atoms with E-state index in [0.29, 0.717) is 10.5 Å². The number of carbonyl (C=O) groups excluding carboxylic acids is 4. The quantitative estimate of drug-likeness (QED) is 0.212. The van der Waals surface area contributed by atoms with Crippen LogP contribution < -0.4 is 4.90 Å². The topological polar surface area (TPSA) is 183 Å². The number of hydrogen-bond acceptors (Lipinski definition) is 8. The predicted molar refractivity (Wildman–Crippen MR) is 166 cm³/mol. The van der Waals surface area contributed by atoms with Crippen LogP contribution in [0.3, 0.4) is 0 Å². The first-order chi connectivity index (χ1) is 21.4. The van der Waals surface area contributed by atoms with Crippen LogP contribution in [0.2, 0.25) is 0 Å². The number of rotatable bonds is 6. The van der Waals surface area contributed by atoms with Crippen molar-refractivity contribution < 1.29 is 45.1 Å². The SMILES string of the molecule is CC(C)c1ccc(-c2ccc(N3C(=O)c4ccc5c6c(ccc(c46)C3=O)C(=O)N(C(C)C)C5=O)cc2S(=O)(=O)O)c(S(=O)(=O)O)c1. The lowest BCUT2D eigenvalue weighted by Crippen LogP contribution is -2.46. The third-order valence-corrected chi connectivity index (χ3v) is 9.97. The van der Waals surface area contributed by atoms with Crippen molar-refractivity contribution in [1.29, 1.82) is 0 Å². The van der Waals surface area contributed by atoms with Crippen LogP contribution in [-0.2, 0) is 20.2 Å². The average Bonchev–Trinajstić information content (AvgIpc) is 2.97. The molecular formula is C32H26N2O10S2. The van der Waals surface area contributed by atoms with Crippen molar-refractivity contribution >= 4 is 60.3 Å². The molecule has 0 aliphatic carbocycles. The standard InChI is InChI=1S/C32H26N2O10S2/c1-15(2)17-5-7-19(25(13-17)45(39,40)41)20-8-6-18(14-26(20)46(42,43)44)34-31(37)23-11-9-21-27-22(10-12-24(28(23)27)32(34)38)30(36)33(16(3)4)29(21)35/h5-16H,1-4H3,(H,39,40,41)(H,42,43,44). The molecule has 4 aromatic carbocycles. The number of anilines is 1. The van der Waals surface area contributed by atoms with Gasteiger partial charge in [-0.1, -0.05) is 32.0 Å². The molecule has 2 aliphatic rings. The van der Waals surface area contributed by atoms with E-state index in [0.717, 1.165) is 17.0 Å². The van der Waals surface area contributed by atoms with Crippen LogP contribution in [0.25, 0.3) is 21.9 Å². The first-order valence-corrected chi connectivity index (χ1v) is 16.9. The molecule has 0 atom stereocenters. The van der Waals surface area contributed by atoms with Gasteiger partial charge in [-0.15, -0.1) is 0 Å². The number of hydrogen-bond donors (Lipinski definition) is 2. The van der Waals surface area contributed by atoms with Crippen molar-refractivity contribution in [3.63, 3.8) is 0 Å². The summed E-state index contributed by atoms with van der Waals surface area (Å²) in [6.07, 6.45) is 0. The van der Waals surface area contributed by atoms with Crippen LogP contribution in [-0.4, -0.2) is 60.5 Å². The van der Waals surface area contributed by atoms with Crippen molar-refractivity contribution in [1.82, 2.24) is 4.90 Å². The molecule has 2 N–H and O–H groups in total. The lowest BCUT2D eigenvalue weighted by molar-refractivity contribution is 0.0562. The predicted octanol–water partition coefficient (Wildman–Crippen LogP) is 4.93. The molecule has 2 heterocycles. The Hall–Kier alpha value is -4.76. The van der Waals surface area contributed by atoms with Crippen molar-refractivity contribution in [2.75, 3.05) is 4.90 Å². The summed E-state index contributed by atoms with van der Waals surface area (Å²) in [5, 5.41) is 0.279. The molecule has 0 fully saturated rings. The van der Waals surface area contributed by atoms with Crippen molar-refractivity contribution in [2.24, 2.45) is 0 Å². The molecule has 0 bridgehead atoms. The Morgan fingerprint density at radius 1 is 0.543 bits per heavy atom. The zero-order chi connectivity index (χ0) is 33.6. The van der Waals surface area contributed by atoms with Crippen LogP contribution in [0, 0.1) is 0 Å². The Kier molecular flexibility index (Phi) is 7.05. The van der Waals surface area contributed by atoms with E-state index in [2.05, 4.69) is 0 Å². The van der Waals surface area contributed by atoms with Crippen LogP contribution >= 0.6 is 0 Å². The van der Waals surface area contributed by atoms with Crippen LogP contribution in [0.5, 0.6) is 0 Å². The van der Waals surface area contributed by atoms with Gasteiger partial charge in [0.1, 0.15) is 9.79 Å². The van der Waals surface area contributed by atoms with E-state index in [1.807, 2.05) is 0 Å². The van der Waals surface area contributed by atoms with Crippen molar-refractivity contribution in [3.05, 3.63) is 88.5 Å². The van der Waals surface area contributed by atoms with Crippen LogP contribution in [0.1, 0.15) is 80.6 Å². The molecule has 4 aromatic rings. The third kappa shape index (κ3) is 4.64. The molecule has 12 nitrogen and oxygen atoms in total. The van der Waals surface area contributed by atoms with Gasteiger partial charge < -0.3 is 0 Å². The molecule has 0 spiro atoms. The number of nitrogens with zero attached hydrogens (tertiary/aromatic N) is 2. The van der Waals surface area contributed by atoms with Gasteiger partial charge in [0.2, 0.25) is 0 Å². The second-order valence-corrected chi connectivity index (χ2v) is 14.4. The van der Waals surface area contributed by atoms with Gasteiger partial charge in [-0.25, -0.2) is 4.90 Å². The smallest absolute Gasteiger partial charge is 0.282 e. The number of amides is 4. The maximum atomic E-state index is 13.9. The molecule has 236 valence electrons. The van der Waals surface area contributed by atoms with E-state index in [1.54, 1.807) is 33.8 Å². The monoisotopic (exact) mass is 662 g/mol. The van der Waals surface area contributed by atoms with Gasteiger partial charge >= 0.3 is 0 Å². The summed E-state index contributed by atoms with van der Waals surface area (Å²) in [7, 11) is -9.97. The molecule has 0 saturated heterocycles. The second-order valence-electron chi connectivity index (χ2n) is 11.6. The highest BCUT2D eigenvalue weighted by atomic mass is 32.2. The highest BCUT2D eigenvalue weighted by Crippen LogP contribution is 2.41. The fraction of sp³-hybridized carbons (Fsp3) is 0.188. The maximum Gasteiger partial charge on any atom is 0.295 e. The van der Waals surface area contributed by atoms with E-state index in [-0.39, 0.29) is 55.8 Å². The zero-order valence-electron chi connectivity index (χ0n) is 24.8. The summed E-state index contributed by atoms with van der Waals surface area (Å²) >= 11 is 0. The fourth-order valence-electron chi connectivity index (χ4n) is 6.02. The minimum absolute atomic E-state index is 0.0239. The largest absolute Gasteiger partial charge is 0.295 e. The zero-order valence-corrected chi connectivity index (χ0v) is 26.4. The Morgan fingerprint density at radius 3 is 1.35 bits per heavy atom. The van der Waals surface area contributed by atoms with Gasteiger partial charge in [0.25, 0.3) is 43.9 Å². The molecule has 0 aromatic heterocycles. The van der Waals surface area contributed by atoms with Crippen molar-refractivity contribution in [2.45, 2.75) is 49.4 Å². The van der Waals surface area contributed by atoms with E-state index < -0.39 is 59.7 Å². The van der Waals surface area contributed by atoms with E-state index >= 15 is 0 Å². The molecule has 0 radical (unpaired) electrons. The van der Waals surface area contributed by atoms with Crippen LogP contribution in [0.15, 0.2) is 70.5 Å². The van der Waals surface area contributed by atoms with E-state index in [9.17, 15) is 45.1 Å². The third-order valence-electron chi connectivity index (χ3n) is 8.18. The van der Waals surface area contributed by atoms with Gasteiger partial charge in [0.05, 0.1) is 5.69 Å². The minimum Gasteiger partial charge on any atom is -0.282 e. The first-order valence-electron chi connectivity index (χ1n) is 14.0. The second kappa shape index (κ2) is 10.4. The number of carbonyl (C=O) groups is 4. The average molecular weight is 663 g/mol. The number of benzene rings is 4. The Morgan fingerprint density at radius 2 is 0.935 bits per heavy atom. The highest BCUT2D eigenvalue weighted by Gasteiger charge is 2.41. The Labute approximate surface area is 263 Å². The molecule has 4 amide bonds. The highest BCUT2D eigenvalue weighted by molar-refractivity contribution is 7.86. The van der Waals surface area contributed by atoms with Gasteiger partial charge in [-0.3, -0.25) is 33.2 Å². The summed E-state index contributed by atoms with van der Waals surface area (Å²) in [5.74, 6) is -3.06. The summed E-state index contributed by atoms with van der Waals surface area (Å²) in [4.78, 5) is 54.6. The lowest BCUT2D eigenvalue weighted by Gasteiger charge is -2.33. The van der Waals surface area contributed by atoms with Gasteiger partial charge in [0, 0.05) is 50.2 Å². The van der Waals surface area contributed by atoms with E-state index in [1.165, 1.54) is 42.5 Å². The molecule has 14 heteroatoms. The van der Waals surface area contributed by atoms with Crippen LogP contribution in [0.4, 0.5) is 5.69 Å². The molecular weight excluding hydrogens is 636 g/mol. The van der Waals surface area contributed by atoms with Gasteiger partial charge in [-0.2, -0.15) is 16.8 Å². The normalized spacial score (nSPS) is 15.1. The molecule has 0 saturated carbocycles. The first kappa shape index (κ1) is 31.2.